The van der Waals surface area contributed by atoms with Crippen LogP contribution in [0.25, 0.3) is 0 Å². The number of aliphatic carboxylic acids is 1. The van der Waals surface area contributed by atoms with E-state index in [0.717, 1.165) is 23.4 Å². The normalized spacial score (nSPS) is 18.3. The van der Waals surface area contributed by atoms with Crippen LogP contribution < -0.4 is 14.2 Å². The highest BCUT2D eigenvalue weighted by atomic mass is 16.5. The maximum Gasteiger partial charge on any atom is 0.344 e. The molecule has 2 bridgehead atoms. The lowest BCUT2D eigenvalue weighted by Gasteiger charge is -2.14. The van der Waals surface area contributed by atoms with Gasteiger partial charge in [0.25, 0.3) is 0 Å². The van der Waals surface area contributed by atoms with E-state index in [4.69, 9.17) is 19.2 Å². The van der Waals surface area contributed by atoms with E-state index >= 15 is 0 Å². The van der Waals surface area contributed by atoms with Gasteiger partial charge in [-0.1, -0.05) is 55.5 Å². The fraction of sp³-hybridized carbons (Fsp3) is 0.241. The van der Waals surface area contributed by atoms with Crippen molar-refractivity contribution in [3.63, 3.8) is 0 Å². The van der Waals surface area contributed by atoms with Crippen LogP contribution in [0.3, 0.4) is 0 Å². The van der Waals surface area contributed by atoms with Crippen molar-refractivity contribution < 1.29 is 24.1 Å². The van der Waals surface area contributed by atoms with E-state index < -0.39 is 12.1 Å². The van der Waals surface area contributed by atoms with Crippen molar-refractivity contribution in [1.29, 1.82) is 0 Å². The van der Waals surface area contributed by atoms with Gasteiger partial charge in [0.05, 0.1) is 11.4 Å². The van der Waals surface area contributed by atoms with Crippen LogP contribution in [0.1, 0.15) is 25.3 Å². The lowest BCUT2D eigenvalue weighted by Crippen LogP contribution is -2.25. The number of benzene rings is 2. The molecule has 2 atom stereocenters. The fourth-order valence-corrected chi connectivity index (χ4v) is 3.70. The number of hydrogen-bond acceptors (Lipinski definition) is 5. The molecule has 0 aromatic heterocycles. The molecule has 0 fully saturated rings. The van der Waals surface area contributed by atoms with Crippen LogP contribution in [0.4, 0.5) is 0 Å². The van der Waals surface area contributed by atoms with Gasteiger partial charge in [0.2, 0.25) is 0 Å². The Hall–Kier alpha value is -4.06. The zero-order valence-corrected chi connectivity index (χ0v) is 19.7. The number of carboxylic acid groups (broad SMARTS) is 1. The molecule has 1 heterocycles. The molecular formula is C29H29NO5. The van der Waals surface area contributed by atoms with Crippen molar-refractivity contribution in [2.24, 2.45) is 10.9 Å². The molecule has 2 aromatic rings. The highest BCUT2D eigenvalue weighted by Crippen LogP contribution is 2.23. The minimum absolute atomic E-state index is 0.276. The molecule has 0 radical (unpaired) electrons. The van der Waals surface area contributed by atoms with Crippen molar-refractivity contribution in [2.75, 3.05) is 6.61 Å². The second kappa shape index (κ2) is 11.9. The van der Waals surface area contributed by atoms with E-state index in [1.165, 1.54) is 0 Å². The number of fused-ring (bicyclic) bond motifs is 1. The zero-order valence-electron chi connectivity index (χ0n) is 19.7. The summed E-state index contributed by atoms with van der Waals surface area (Å²) < 4.78 is 17.5. The summed E-state index contributed by atoms with van der Waals surface area (Å²) in [5.74, 6) is 1.18. The number of ether oxygens (including phenoxy) is 3. The van der Waals surface area contributed by atoms with Crippen molar-refractivity contribution in [2.45, 2.75) is 32.5 Å². The predicted molar refractivity (Wildman–Crippen MR) is 136 cm³/mol. The Kier molecular flexibility index (Phi) is 8.17. The molecule has 2 aliphatic rings. The van der Waals surface area contributed by atoms with E-state index in [1.54, 1.807) is 19.1 Å². The Labute approximate surface area is 205 Å². The lowest BCUT2D eigenvalue weighted by atomic mass is 10.1. The molecule has 180 valence electrons. The molecule has 6 nitrogen and oxygen atoms in total. The quantitative estimate of drug-likeness (QED) is 0.436. The van der Waals surface area contributed by atoms with Crippen molar-refractivity contribution >= 4 is 11.7 Å². The summed E-state index contributed by atoms with van der Waals surface area (Å²) in [5.41, 5.74) is 2.77. The van der Waals surface area contributed by atoms with Gasteiger partial charge < -0.3 is 19.3 Å². The topological polar surface area (TPSA) is 77.3 Å². The van der Waals surface area contributed by atoms with E-state index in [-0.39, 0.29) is 5.92 Å². The summed E-state index contributed by atoms with van der Waals surface area (Å²) in [6, 6.07) is 14.8. The first kappa shape index (κ1) is 24.1. The molecule has 0 saturated heterocycles. The first-order valence-electron chi connectivity index (χ1n) is 11.7. The number of aliphatic imine (C=N–C) groups is 1. The molecule has 0 saturated carbocycles. The highest BCUT2D eigenvalue weighted by Gasteiger charge is 2.16. The Morgan fingerprint density at radius 2 is 1.80 bits per heavy atom. The maximum absolute atomic E-state index is 11.2. The van der Waals surface area contributed by atoms with Gasteiger partial charge in [-0.3, -0.25) is 4.99 Å². The van der Waals surface area contributed by atoms with Crippen LogP contribution in [-0.2, 0) is 11.4 Å². The average Bonchev–Trinajstić information content (AvgIpc) is 3.10. The van der Waals surface area contributed by atoms with Crippen molar-refractivity contribution in [3.05, 3.63) is 102 Å². The third kappa shape index (κ3) is 7.21. The molecule has 1 N–H and O–H groups in total. The highest BCUT2D eigenvalue weighted by molar-refractivity contribution is 5.88. The molecular weight excluding hydrogens is 442 g/mol. The second-order valence-corrected chi connectivity index (χ2v) is 8.28. The number of nitrogens with zero attached hydrogens (tertiary/aromatic N) is 1. The van der Waals surface area contributed by atoms with Crippen LogP contribution in [0, 0.1) is 5.92 Å². The molecule has 1 aliphatic carbocycles. The molecule has 6 heteroatoms. The van der Waals surface area contributed by atoms with Gasteiger partial charge in [-0.15, -0.1) is 0 Å². The van der Waals surface area contributed by atoms with Crippen LogP contribution in [-0.4, -0.2) is 29.5 Å². The zero-order chi connectivity index (χ0) is 24.5. The number of carbonyl (C=O) groups is 1. The first-order valence-corrected chi connectivity index (χ1v) is 11.7. The Bertz CT molecular complexity index is 1190. The number of carboxylic acids is 1. The Morgan fingerprint density at radius 3 is 2.60 bits per heavy atom. The fourth-order valence-electron chi connectivity index (χ4n) is 3.70. The van der Waals surface area contributed by atoms with Crippen molar-refractivity contribution in [3.8, 4) is 17.2 Å². The summed E-state index contributed by atoms with van der Waals surface area (Å²) in [6.07, 6.45) is 14.9. The third-order valence-electron chi connectivity index (χ3n) is 5.51. The molecule has 2 unspecified atom stereocenters. The minimum atomic E-state index is -0.976. The minimum Gasteiger partial charge on any atom is -0.489 e. The molecule has 35 heavy (non-hydrogen) atoms. The number of rotatable bonds is 10. The summed E-state index contributed by atoms with van der Waals surface area (Å²) in [7, 11) is 0. The van der Waals surface area contributed by atoms with Crippen LogP contribution in [0.15, 0.2) is 102 Å². The average molecular weight is 472 g/mol. The summed E-state index contributed by atoms with van der Waals surface area (Å²) in [6.45, 7) is 2.48. The lowest BCUT2D eigenvalue weighted by molar-refractivity contribution is -0.145. The summed E-state index contributed by atoms with van der Waals surface area (Å²) in [4.78, 5) is 16.0. The van der Waals surface area contributed by atoms with E-state index in [1.807, 2.05) is 54.6 Å². The van der Waals surface area contributed by atoms with Crippen LogP contribution in [0.5, 0.6) is 17.2 Å². The van der Waals surface area contributed by atoms with Gasteiger partial charge in [-0.05, 0) is 48.4 Å². The Morgan fingerprint density at radius 1 is 1.03 bits per heavy atom. The first-order chi connectivity index (χ1) is 17.1. The smallest absolute Gasteiger partial charge is 0.344 e. The van der Waals surface area contributed by atoms with Gasteiger partial charge in [-0.25, -0.2) is 4.79 Å². The van der Waals surface area contributed by atoms with E-state index in [2.05, 4.69) is 24.3 Å². The van der Waals surface area contributed by atoms with Gasteiger partial charge in [0.1, 0.15) is 30.5 Å². The second-order valence-electron chi connectivity index (χ2n) is 8.28. The SMILES string of the molecule is CCC(Oc1cccc(COc2cccc(OCC3=NC4=CC(C=CC=C4)/C=C\C3)c2)c1)C(=O)O. The number of hydrogen-bond donors (Lipinski definition) is 1. The molecule has 0 amide bonds. The molecule has 1 aliphatic heterocycles. The third-order valence-corrected chi connectivity index (χ3v) is 5.51. The molecule has 4 rings (SSSR count). The van der Waals surface area contributed by atoms with Gasteiger partial charge in [-0.2, -0.15) is 0 Å². The summed E-state index contributed by atoms with van der Waals surface area (Å²) >= 11 is 0. The molecule has 2 aromatic carbocycles. The van der Waals surface area contributed by atoms with Gasteiger partial charge in [0.15, 0.2) is 6.10 Å². The maximum atomic E-state index is 11.2. The van der Waals surface area contributed by atoms with Crippen molar-refractivity contribution in [1.82, 2.24) is 0 Å². The predicted octanol–water partition coefficient (Wildman–Crippen LogP) is 5.91. The Balaban J connectivity index is 1.34. The van der Waals surface area contributed by atoms with E-state index in [0.29, 0.717) is 36.9 Å². The van der Waals surface area contributed by atoms with E-state index in [9.17, 15) is 9.90 Å². The standard InChI is InChI=1S/C29H29NO5/c1-2-28(29(31)32)35-27-15-6-10-22(17-27)19-33-25-13-7-14-26(18-25)34-20-24-12-5-9-21-8-3-4-11-23(16-21)30-24/h3-11,13-18,21,28H,2,12,19-20H2,1H3,(H,31,32)/b9-5-,30-24?. The largest absolute Gasteiger partial charge is 0.489 e. The summed E-state index contributed by atoms with van der Waals surface area (Å²) in [5, 5.41) is 9.20. The number of allylic oxidation sites excluding steroid dienone is 7. The van der Waals surface area contributed by atoms with Gasteiger partial charge >= 0.3 is 5.97 Å². The van der Waals surface area contributed by atoms with Gasteiger partial charge in [0, 0.05) is 18.4 Å². The monoisotopic (exact) mass is 471 g/mol. The van der Waals surface area contributed by atoms with Crippen LogP contribution in [0.2, 0.25) is 0 Å². The van der Waals surface area contributed by atoms with Crippen LogP contribution >= 0.6 is 0 Å². The molecule has 0 spiro atoms.